The third-order valence-electron chi connectivity index (χ3n) is 1.37. The van der Waals surface area contributed by atoms with Gasteiger partial charge in [-0.1, -0.05) is 11.8 Å². The molecule has 6 nitrogen and oxygen atoms in total. The molecule has 1 atom stereocenters. The molecule has 1 aliphatic heterocycles. The van der Waals surface area contributed by atoms with Crippen LogP contribution < -0.4 is 11.2 Å². The molecule has 0 saturated heterocycles. The number of H-pyrrole nitrogens is 1. The van der Waals surface area contributed by atoms with E-state index < -0.39 is 0 Å². The molecule has 2 rings (SSSR count). The summed E-state index contributed by atoms with van der Waals surface area (Å²) in [6, 6.07) is 0. The van der Waals surface area contributed by atoms with E-state index in [1.807, 2.05) is 11.6 Å². The van der Waals surface area contributed by atoms with Crippen LogP contribution in [-0.2, 0) is 0 Å². The van der Waals surface area contributed by atoms with Gasteiger partial charge in [-0.2, -0.15) is 10.3 Å². The summed E-state index contributed by atoms with van der Waals surface area (Å²) in [6.45, 7) is 0. The highest BCUT2D eigenvalue weighted by Gasteiger charge is 2.15. The molecule has 4 N–H and O–H groups in total. The Morgan fingerprint density at radius 1 is 1.75 bits per heavy atom. The monoisotopic (exact) mass is 184 g/mol. The Bertz CT molecular complexity index is 269. The zero-order valence-corrected chi connectivity index (χ0v) is 6.95. The van der Waals surface area contributed by atoms with E-state index >= 15 is 0 Å². The van der Waals surface area contributed by atoms with Crippen molar-refractivity contribution in [3.63, 3.8) is 0 Å². The second-order valence-corrected chi connectivity index (χ2v) is 3.21. The molecule has 12 heavy (non-hydrogen) atoms. The summed E-state index contributed by atoms with van der Waals surface area (Å²) in [7, 11) is 0. The van der Waals surface area contributed by atoms with E-state index in [1.54, 1.807) is 11.2 Å². The van der Waals surface area contributed by atoms with Gasteiger partial charge in [-0.15, -0.1) is 5.10 Å². The zero-order valence-electron chi connectivity index (χ0n) is 6.14. The molecule has 0 saturated carbocycles. The lowest BCUT2D eigenvalue weighted by Crippen LogP contribution is -2.36. The Hall–Kier alpha value is -1.21. The topological polar surface area (TPSA) is 82.9 Å². The molecular weight excluding hydrogens is 176 g/mol. The van der Waals surface area contributed by atoms with Crippen molar-refractivity contribution < 1.29 is 0 Å². The summed E-state index contributed by atoms with van der Waals surface area (Å²) in [6.07, 6.45) is 3.44. The number of aromatic nitrogens is 3. The van der Waals surface area contributed by atoms with Crippen molar-refractivity contribution in [1.29, 1.82) is 0 Å². The maximum Gasteiger partial charge on any atom is 0.186 e. The van der Waals surface area contributed by atoms with Crippen LogP contribution in [0.3, 0.4) is 0 Å². The van der Waals surface area contributed by atoms with Crippen LogP contribution in [0.4, 0.5) is 5.82 Å². The third-order valence-corrected chi connectivity index (χ3v) is 2.16. The van der Waals surface area contributed by atoms with Crippen LogP contribution in [0.2, 0.25) is 0 Å². The highest BCUT2D eigenvalue weighted by molar-refractivity contribution is 8.02. The van der Waals surface area contributed by atoms with E-state index in [9.17, 15) is 0 Å². The van der Waals surface area contributed by atoms with Gasteiger partial charge in [0, 0.05) is 6.20 Å². The van der Waals surface area contributed by atoms with Gasteiger partial charge in [0.15, 0.2) is 5.82 Å². The predicted octanol–water partition coefficient (Wildman–Crippen LogP) is -0.106. The van der Waals surface area contributed by atoms with Crippen LogP contribution in [0, 0.1) is 0 Å². The van der Waals surface area contributed by atoms with Crippen LogP contribution in [0.15, 0.2) is 17.8 Å². The normalized spacial score (nSPS) is 21.8. The van der Waals surface area contributed by atoms with E-state index in [-0.39, 0.29) is 5.50 Å². The van der Waals surface area contributed by atoms with E-state index in [1.165, 1.54) is 11.8 Å². The minimum absolute atomic E-state index is 0.0956. The summed E-state index contributed by atoms with van der Waals surface area (Å²) in [5.41, 5.74) is 8.57. The fraction of sp³-hybridized carbons (Fsp3) is 0.200. The van der Waals surface area contributed by atoms with Gasteiger partial charge >= 0.3 is 0 Å². The molecule has 0 bridgehead atoms. The first-order valence-corrected chi connectivity index (χ1v) is 4.29. The van der Waals surface area contributed by atoms with Crippen molar-refractivity contribution in [3.05, 3.63) is 17.8 Å². The highest BCUT2D eigenvalue weighted by Crippen LogP contribution is 2.20. The molecule has 1 unspecified atom stereocenters. The van der Waals surface area contributed by atoms with E-state index in [0.29, 0.717) is 5.82 Å². The number of nitrogens with two attached hydrogens (primary N) is 1. The fourth-order valence-electron chi connectivity index (χ4n) is 0.820. The van der Waals surface area contributed by atoms with Crippen molar-refractivity contribution in [2.45, 2.75) is 5.50 Å². The van der Waals surface area contributed by atoms with E-state index in [4.69, 9.17) is 5.73 Å². The first kappa shape index (κ1) is 7.44. The molecule has 1 aromatic rings. The molecule has 0 aromatic carbocycles. The Morgan fingerprint density at radius 3 is 3.25 bits per heavy atom. The van der Waals surface area contributed by atoms with Gasteiger partial charge in [-0.25, -0.2) is 0 Å². The molecule has 0 aliphatic carbocycles. The highest BCUT2D eigenvalue weighted by atomic mass is 32.2. The van der Waals surface area contributed by atoms with Gasteiger partial charge in [0.05, 0.1) is 6.20 Å². The number of hydrogen-bond donors (Lipinski definition) is 3. The maximum absolute atomic E-state index is 5.70. The zero-order chi connectivity index (χ0) is 8.39. The van der Waals surface area contributed by atoms with Gasteiger partial charge in [0.1, 0.15) is 5.50 Å². The summed E-state index contributed by atoms with van der Waals surface area (Å²) in [5.74, 6) is 0.651. The number of nitrogens with zero attached hydrogens (tertiary/aromatic N) is 3. The van der Waals surface area contributed by atoms with Crippen molar-refractivity contribution in [1.82, 2.24) is 20.4 Å². The Kier molecular flexibility index (Phi) is 1.88. The molecule has 0 radical (unpaired) electrons. The lowest BCUT2D eigenvalue weighted by Gasteiger charge is -2.20. The fourth-order valence-corrected chi connectivity index (χ4v) is 1.44. The Morgan fingerprint density at radius 2 is 2.67 bits per heavy atom. The Balaban J connectivity index is 1.99. The number of nitrogens with one attached hydrogen (secondary N) is 2. The SMILES string of the molecule is NC1SC=CN1Nc1cn[nH]n1. The molecule has 64 valence electrons. The lowest BCUT2D eigenvalue weighted by molar-refractivity contribution is 0.436. The maximum atomic E-state index is 5.70. The summed E-state index contributed by atoms with van der Waals surface area (Å²) in [4.78, 5) is 0. The largest absolute Gasteiger partial charge is 0.301 e. The molecule has 0 amide bonds. The molecule has 7 heteroatoms. The van der Waals surface area contributed by atoms with E-state index in [0.717, 1.165) is 0 Å². The number of hydrogen-bond acceptors (Lipinski definition) is 6. The number of rotatable bonds is 2. The van der Waals surface area contributed by atoms with Gasteiger partial charge in [0.2, 0.25) is 0 Å². The van der Waals surface area contributed by atoms with E-state index in [2.05, 4.69) is 20.8 Å². The number of thioether (sulfide) groups is 1. The van der Waals surface area contributed by atoms with Crippen LogP contribution in [0.5, 0.6) is 0 Å². The molecule has 0 spiro atoms. The standard InChI is InChI=1S/C5H8N6S/c6-5-11(1-2-12-5)9-4-3-7-10-8-4/h1-3,5H,6H2,(H2,7,8,9,10). The number of aromatic amines is 1. The minimum atomic E-state index is -0.0956. The van der Waals surface area contributed by atoms with Crippen molar-refractivity contribution in [2.75, 3.05) is 5.43 Å². The van der Waals surface area contributed by atoms with Gasteiger partial charge < -0.3 is 5.73 Å². The average Bonchev–Trinajstić information content (AvgIpc) is 2.65. The van der Waals surface area contributed by atoms with Crippen molar-refractivity contribution in [3.8, 4) is 0 Å². The van der Waals surface area contributed by atoms with Crippen molar-refractivity contribution >= 4 is 17.6 Å². The van der Waals surface area contributed by atoms with Crippen LogP contribution in [-0.4, -0.2) is 25.9 Å². The summed E-state index contributed by atoms with van der Waals surface area (Å²) < 4.78 is 0. The summed E-state index contributed by atoms with van der Waals surface area (Å²) >= 11 is 1.53. The Labute approximate surface area is 73.2 Å². The second-order valence-electron chi connectivity index (χ2n) is 2.19. The lowest BCUT2D eigenvalue weighted by atomic mass is 10.7. The van der Waals surface area contributed by atoms with Crippen LogP contribution in [0.25, 0.3) is 0 Å². The predicted molar refractivity (Wildman–Crippen MR) is 46.6 cm³/mol. The van der Waals surface area contributed by atoms with Crippen LogP contribution in [0.1, 0.15) is 0 Å². The smallest absolute Gasteiger partial charge is 0.186 e. The molecule has 0 fully saturated rings. The van der Waals surface area contributed by atoms with Gasteiger partial charge in [0.25, 0.3) is 0 Å². The molecule has 1 aliphatic rings. The molecule has 1 aromatic heterocycles. The first-order chi connectivity index (χ1) is 5.86. The molecule has 2 heterocycles. The van der Waals surface area contributed by atoms with Gasteiger partial charge in [-0.3, -0.25) is 10.4 Å². The minimum Gasteiger partial charge on any atom is -0.301 e. The quantitative estimate of drug-likeness (QED) is 0.595. The van der Waals surface area contributed by atoms with Crippen molar-refractivity contribution in [2.24, 2.45) is 5.73 Å². The van der Waals surface area contributed by atoms with Gasteiger partial charge in [-0.05, 0) is 5.41 Å². The first-order valence-electron chi connectivity index (χ1n) is 3.35. The average molecular weight is 184 g/mol. The third kappa shape index (κ3) is 1.36. The number of hydrazine groups is 1. The second kappa shape index (κ2) is 3.03. The number of anilines is 1. The molecular formula is C5H8N6S. The summed E-state index contributed by atoms with van der Waals surface area (Å²) in [5, 5.41) is 13.6. The van der Waals surface area contributed by atoms with Crippen LogP contribution >= 0.6 is 11.8 Å².